The zero-order chi connectivity index (χ0) is 12.4. The van der Waals surface area contributed by atoms with Gasteiger partial charge in [-0.05, 0) is 6.07 Å². The molecule has 1 fully saturated rings. The van der Waals surface area contributed by atoms with Gasteiger partial charge in [-0.1, -0.05) is 11.6 Å². The number of halogens is 1. The van der Waals surface area contributed by atoms with Crippen LogP contribution < -0.4 is 10.2 Å². The molecule has 1 aliphatic heterocycles. The molecule has 1 amide bonds. The average molecular weight is 256 g/mol. The summed E-state index contributed by atoms with van der Waals surface area (Å²) < 4.78 is 0. The Hall–Kier alpha value is -1.82. The van der Waals surface area contributed by atoms with Crippen molar-refractivity contribution in [2.75, 3.05) is 24.5 Å². The van der Waals surface area contributed by atoms with E-state index in [0.29, 0.717) is 18.8 Å². The van der Waals surface area contributed by atoms with Crippen LogP contribution >= 0.6 is 11.6 Å². The van der Waals surface area contributed by atoms with Crippen LogP contribution in [0.1, 0.15) is 0 Å². The minimum atomic E-state index is -0.501. The molecule has 0 aromatic heterocycles. The molecule has 2 rings (SSSR count). The van der Waals surface area contributed by atoms with Crippen molar-refractivity contribution in [3.05, 3.63) is 33.3 Å². The third-order valence-electron chi connectivity index (χ3n) is 2.52. The van der Waals surface area contributed by atoms with Crippen LogP contribution in [0.4, 0.5) is 11.4 Å². The van der Waals surface area contributed by atoms with Gasteiger partial charge < -0.3 is 10.2 Å². The first kappa shape index (κ1) is 11.7. The van der Waals surface area contributed by atoms with Gasteiger partial charge in [-0.3, -0.25) is 14.9 Å². The van der Waals surface area contributed by atoms with E-state index in [1.165, 1.54) is 12.1 Å². The van der Waals surface area contributed by atoms with Crippen molar-refractivity contribution < 1.29 is 9.72 Å². The molecule has 1 N–H and O–H groups in total. The number of rotatable bonds is 2. The van der Waals surface area contributed by atoms with Crippen LogP contribution in [-0.2, 0) is 4.79 Å². The van der Waals surface area contributed by atoms with Crippen molar-refractivity contribution in [1.82, 2.24) is 5.32 Å². The number of non-ortho nitro benzene ring substituents is 1. The topological polar surface area (TPSA) is 75.5 Å². The van der Waals surface area contributed by atoms with Gasteiger partial charge in [0.1, 0.15) is 0 Å². The number of piperazine rings is 1. The lowest BCUT2D eigenvalue weighted by molar-refractivity contribution is -0.384. The Morgan fingerprint density at radius 2 is 2.24 bits per heavy atom. The number of hydrogen-bond donors (Lipinski definition) is 1. The largest absolute Gasteiger partial charge is 0.359 e. The Balaban J connectivity index is 2.26. The maximum Gasteiger partial charge on any atom is 0.271 e. The van der Waals surface area contributed by atoms with Crippen LogP contribution in [0.15, 0.2) is 18.2 Å². The van der Waals surface area contributed by atoms with Crippen LogP contribution in [0.5, 0.6) is 0 Å². The standard InChI is InChI=1S/C10H10ClN3O3/c11-8-5-7(14(16)17)1-2-9(8)13-4-3-12-10(15)6-13/h1-2,5H,3-4,6H2,(H,12,15). The van der Waals surface area contributed by atoms with Gasteiger partial charge in [0.05, 0.1) is 22.2 Å². The zero-order valence-electron chi connectivity index (χ0n) is 8.85. The quantitative estimate of drug-likeness (QED) is 0.636. The van der Waals surface area contributed by atoms with Gasteiger partial charge in [0.25, 0.3) is 5.69 Å². The summed E-state index contributed by atoms with van der Waals surface area (Å²) in [7, 11) is 0. The van der Waals surface area contributed by atoms with E-state index in [4.69, 9.17) is 11.6 Å². The Kier molecular flexibility index (Phi) is 3.14. The van der Waals surface area contributed by atoms with Crippen molar-refractivity contribution in [1.29, 1.82) is 0 Å². The third-order valence-corrected chi connectivity index (χ3v) is 2.82. The second kappa shape index (κ2) is 4.58. The molecule has 1 saturated heterocycles. The van der Waals surface area contributed by atoms with Crippen molar-refractivity contribution in [3.63, 3.8) is 0 Å². The molecule has 1 aromatic rings. The van der Waals surface area contributed by atoms with E-state index in [9.17, 15) is 14.9 Å². The first-order chi connectivity index (χ1) is 8.08. The highest BCUT2D eigenvalue weighted by atomic mass is 35.5. The molecule has 0 saturated carbocycles. The molecule has 0 bridgehead atoms. The number of anilines is 1. The highest BCUT2D eigenvalue weighted by molar-refractivity contribution is 6.33. The lowest BCUT2D eigenvalue weighted by Gasteiger charge is -2.29. The van der Waals surface area contributed by atoms with Crippen molar-refractivity contribution in [3.8, 4) is 0 Å². The van der Waals surface area contributed by atoms with E-state index in [1.54, 1.807) is 11.0 Å². The number of nitrogens with one attached hydrogen (secondary N) is 1. The summed E-state index contributed by atoms with van der Waals surface area (Å²) in [6.07, 6.45) is 0. The Morgan fingerprint density at radius 3 is 2.82 bits per heavy atom. The normalized spacial score (nSPS) is 15.6. The highest BCUT2D eigenvalue weighted by Crippen LogP contribution is 2.29. The van der Waals surface area contributed by atoms with E-state index >= 15 is 0 Å². The van der Waals surface area contributed by atoms with E-state index in [0.717, 1.165) is 0 Å². The zero-order valence-corrected chi connectivity index (χ0v) is 9.61. The second-order valence-corrected chi connectivity index (χ2v) is 4.07. The minimum absolute atomic E-state index is 0.0554. The summed E-state index contributed by atoms with van der Waals surface area (Å²) in [6.45, 7) is 1.41. The number of carbonyl (C=O) groups is 1. The molecule has 1 aromatic carbocycles. The molecule has 0 atom stereocenters. The molecule has 6 nitrogen and oxygen atoms in total. The van der Waals surface area contributed by atoms with Crippen LogP contribution in [0.3, 0.4) is 0 Å². The maximum absolute atomic E-state index is 11.2. The summed E-state index contributed by atoms with van der Waals surface area (Å²) in [5.74, 6) is -0.0781. The van der Waals surface area contributed by atoms with Crippen molar-refractivity contribution >= 4 is 28.9 Å². The molecule has 0 aliphatic carbocycles. The predicted octanol–water partition coefficient (Wildman–Crippen LogP) is 1.18. The summed E-state index contributed by atoms with van der Waals surface area (Å²) >= 11 is 5.98. The highest BCUT2D eigenvalue weighted by Gasteiger charge is 2.20. The lowest BCUT2D eigenvalue weighted by Crippen LogP contribution is -2.47. The lowest BCUT2D eigenvalue weighted by atomic mass is 10.2. The number of benzene rings is 1. The summed E-state index contributed by atoms with van der Waals surface area (Å²) in [6, 6.07) is 4.25. The molecule has 90 valence electrons. The fraction of sp³-hybridized carbons (Fsp3) is 0.300. The smallest absolute Gasteiger partial charge is 0.271 e. The summed E-state index contributed by atoms with van der Waals surface area (Å²) in [5.41, 5.74) is 0.590. The van der Waals surface area contributed by atoms with Crippen molar-refractivity contribution in [2.24, 2.45) is 0 Å². The van der Waals surface area contributed by atoms with Crippen LogP contribution in [0, 0.1) is 10.1 Å². The number of nitrogens with zero attached hydrogens (tertiary/aromatic N) is 2. The Labute approximate surface area is 102 Å². The van der Waals surface area contributed by atoms with Gasteiger partial charge in [-0.2, -0.15) is 0 Å². The van der Waals surface area contributed by atoms with Crippen LogP contribution in [0.2, 0.25) is 5.02 Å². The summed E-state index contributed by atoms with van der Waals surface area (Å²) in [4.78, 5) is 23.1. The monoisotopic (exact) mass is 255 g/mol. The van der Waals surface area contributed by atoms with E-state index < -0.39 is 4.92 Å². The van der Waals surface area contributed by atoms with Gasteiger partial charge >= 0.3 is 0 Å². The minimum Gasteiger partial charge on any atom is -0.359 e. The Bertz CT molecular complexity index is 478. The first-order valence-electron chi connectivity index (χ1n) is 5.03. The van der Waals surface area contributed by atoms with Gasteiger partial charge in [0, 0.05) is 25.2 Å². The van der Waals surface area contributed by atoms with E-state index in [2.05, 4.69) is 5.32 Å². The number of nitro benzene ring substituents is 1. The number of amides is 1. The SMILES string of the molecule is O=C1CN(c2ccc([N+](=O)[O-])cc2Cl)CCN1. The van der Waals surface area contributed by atoms with Gasteiger partial charge in [0.2, 0.25) is 5.91 Å². The molecule has 0 spiro atoms. The molecule has 17 heavy (non-hydrogen) atoms. The predicted molar refractivity (Wildman–Crippen MR) is 63.3 cm³/mol. The van der Waals surface area contributed by atoms with E-state index in [1.807, 2.05) is 0 Å². The molecule has 1 heterocycles. The first-order valence-corrected chi connectivity index (χ1v) is 5.41. The molecule has 0 unspecified atom stereocenters. The number of hydrogen-bond acceptors (Lipinski definition) is 4. The Morgan fingerprint density at radius 1 is 1.47 bits per heavy atom. The molecule has 0 radical (unpaired) electrons. The van der Waals surface area contributed by atoms with Gasteiger partial charge in [-0.25, -0.2) is 0 Å². The number of carbonyl (C=O) groups excluding carboxylic acids is 1. The van der Waals surface area contributed by atoms with Crippen molar-refractivity contribution in [2.45, 2.75) is 0 Å². The fourth-order valence-electron chi connectivity index (χ4n) is 1.71. The number of nitro groups is 1. The average Bonchev–Trinajstić information content (AvgIpc) is 2.28. The fourth-order valence-corrected chi connectivity index (χ4v) is 2.00. The molecular weight excluding hydrogens is 246 g/mol. The van der Waals surface area contributed by atoms with Gasteiger partial charge in [-0.15, -0.1) is 0 Å². The van der Waals surface area contributed by atoms with Gasteiger partial charge in [0.15, 0.2) is 0 Å². The molecule has 7 heteroatoms. The maximum atomic E-state index is 11.2. The van der Waals surface area contributed by atoms with E-state index in [-0.39, 0.29) is 23.2 Å². The molecule has 1 aliphatic rings. The summed E-state index contributed by atoms with van der Waals surface area (Å²) in [5, 5.41) is 13.5. The third kappa shape index (κ3) is 2.47. The molecular formula is C10H10ClN3O3. The van der Waals surface area contributed by atoms with Crippen LogP contribution in [0.25, 0.3) is 0 Å². The second-order valence-electron chi connectivity index (χ2n) is 3.66. The van der Waals surface area contributed by atoms with Crippen LogP contribution in [-0.4, -0.2) is 30.5 Å².